The topological polar surface area (TPSA) is 0 Å². The molecule has 0 aliphatic rings. The number of hydrogen-bond donors (Lipinski definition) is 0. The number of alkyl halides is 2. The first-order chi connectivity index (χ1) is 4.72. The summed E-state index contributed by atoms with van der Waals surface area (Å²) < 4.78 is 0. The van der Waals surface area contributed by atoms with Crippen LogP contribution < -0.4 is 0 Å². The van der Waals surface area contributed by atoms with Gasteiger partial charge in [-0.1, -0.05) is 26.7 Å². The summed E-state index contributed by atoms with van der Waals surface area (Å²) in [5.74, 6) is 0. The molecule has 0 aliphatic heterocycles. The van der Waals surface area contributed by atoms with E-state index in [0.717, 1.165) is 25.7 Å². The highest BCUT2D eigenvalue weighted by molar-refractivity contribution is 6.29. The highest BCUT2D eigenvalue weighted by Gasteiger charge is 2.13. The number of rotatable bonds is 5. The van der Waals surface area contributed by atoms with E-state index in [2.05, 4.69) is 13.8 Å². The number of hydrogen-bond acceptors (Lipinski definition) is 0. The van der Waals surface area contributed by atoms with Crippen LogP contribution in [0.1, 0.15) is 39.5 Å². The standard InChI is InChI=1S/C8H16Cl2/c1-3-5-7(9)8(10)6-4-2/h7-8H,3-6H2,1-2H3/t7-,8+. The third-order valence-electron chi connectivity index (χ3n) is 1.52. The molecule has 62 valence electrons. The summed E-state index contributed by atoms with van der Waals surface area (Å²) in [6, 6.07) is 0. The third-order valence-corrected chi connectivity index (χ3v) is 2.70. The third kappa shape index (κ3) is 4.40. The van der Waals surface area contributed by atoms with Crippen molar-refractivity contribution in [2.24, 2.45) is 0 Å². The minimum Gasteiger partial charge on any atom is -0.121 e. The maximum atomic E-state index is 5.98. The average Bonchev–Trinajstić information content (AvgIpc) is 1.89. The molecule has 10 heavy (non-hydrogen) atoms. The van der Waals surface area contributed by atoms with Crippen molar-refractivity contribution in [1.29, 1.82) is 0 Å². The van der Waals surface area contributed by atoms with E-state index in [-0.39, 0.29) is 10.8 Å². The molecule has 0 fully saturated rings. The quantitative estimate of drug-likeness (QED) is 0.568. The van der Waals surface area contributed by atoms with Crippen LogP contribution >= 0.6 is 23.2 Å². The van der Waals surface area contributed by atoms with Crippen molar-refractivity contribution in [3.05, 3.63) is 0 Å². The first-order valence-electron chi connectivity index (χ1n) is 4.00. The van der Waals surface area contributed by atoms with Crippen molar-refractivity contribution < 1.29 is 0 Å². The highest BCUT2D eigenvalue weighted by Crippen LogP contribution is 2.19. The Morgan fingerprint density at radius 2 is 1.20 bits per heavy atom. The average molecular weight is 183 g/mol. The molecule has 0 aromatic rings. The van der Waals surface area contributed by atoms with Crippen molar-refractivity contribution in [2.45, 2.75) is 50.3 Å². The Balaban J connectivity index is 3.38. The zero-order valence-corrected chi connectivity index (χ0v) is 8.25. The fraction of sp³-hybridized carbons (Fsp3) is 1.00. The van der Waals surface area contributed by atoms with Crippen LogP contribution in [0, 0.1) is 0 Å². The van der Waals surface area contributed by atoms with Crippen LogP contribution in [0.15, 0.2) is 0 Å². The van der Waals surface area contributed by atoms with Crippen LogP contribution in [-0.4, -0.2) is 10.8 Å². The lowest BCUT2D eigenvalue weighted by Crippen LogP contribution is -2.13. The zero-order chi connectivity index (χ0) is 7.98. The fourth-order valence-corrected chi connectivity index (χ4v) is 1.60. The monoisotopic (exact) mass is 182 g/mol. The lowest BCUT2D eigenvalue weighted by molar-refractivity contribution is 0.640. The molecule has 0 heterocycles. The molecule has 0 saturated carbocycles. The zero-order valence-electron chi connectivity index (χ0n) is 6.74. The van der Waals surface area contributed by atoms with Crippen molar-refractivity contribution in [1.82, 2.24) is 0 Å². The SMILES string of the molecule is CCC[C@@H](Cl)[C@@H](Cl)CCC. The van der Waals surface area contributed by atoms with Gasteiger partial charge in [-0.05, 0) is 12.8 Å². The summed E-state index contributed by atoms with van der Waals surface area (Å²) in [4.78, 5) is 0. The summed E-state index contributed by atoms with van der Waals surface area (Å²) in [5.41, 5.74) is 0. The van der Waals surface area contributed by atoms with Crippen molar-refractivity contribution >= 4 is 23.2 Å². The Kier molecular flexibility index (Phi) is 6.67. The Labute approximate surface area is 73.9 Å². The first-order valence-corrected chi connectivity index (χ1v) is 4.87. The Bertz CT molecular complexity index is 63.7. The van der Waals surface area contributed by atoms with Gasteiger partial charge in [-0.25, -0.2) is 0 Å². The van der Waals surface area contributed by atoms with Crippen molar-refractivity contribution in [3.63, 3.8) is 0 Å². The summed E-state index contributed by atoms with van der Waals surface area (Å²) in [5, 5.41) is 0.346. The minimum atomic E-state index is 0.173. The van der Waals surface area contributed by atoms with Gasteiger partial charge in [0.1, 0.15) is 0 Å². The van der Waals surface area contributed by atoms with Crippen LogP contribution in [0.2, 0.25) is 0 Å². The van der Waals surface area contributed by atoms with Gasteiger partial charge in [-0.3, -0.25) is 0 Å². The van der Waals surface area contributed by atoms with Gasteiger partial charge in [0.05, 0.1) is 0 Å². The van der Waals surface area contributed by atoms with E-state index in [0.29, 0.717) is 0 Å². The van der Waals surface area contributed by atoms with Gasteiger partial charge in [0, 0.05) is 10.8 Å². The molecule has 0 aliphatic carbocycles. The molecule has 0 rings (SSSR count). The summed E-state index contributed by atoms with van der Waals surface area (Å²) >= 11 is 12.0. The fourth-order valence-electron chi connectivity index (χ4n) is 0.913. The van der Waals surface area contributed by atoms with Gasteiger partial charge in [0.15, 0.2) is 0 Å². The molecule has 0 amide bonds. The second-order valence-electron chi connectivity index (χ2n) is 2.61. The highest BCUT2D eigenvalue weighted by atomic mass is 35.5. The molecule has 0 spiro atoms. The van der Waals surface area contributed by atoms with E-state index < -0.39 is 0 Å². The van der Waals surface area contributed by atoms with Gasteiger partial charge in [0.2, 0.25) is 0 Å². The molecule has 0 aromatic carbocycles. The molecular weight excluding hydrogens is 167 g/mol. The van der Waals surface area contributed by atoms with E-state index >= 15 is 0 Å². The molecule has 2 atom stereocenters. The normalized spacial score (nSPS) is 16.8. The van der Waals surface area contributed by atoms with Gasteiger partial charge in [0.25, 0.3) is 0 Å². The second kappa shape index (κ2) is 6.30. The van der Waals surface area contributed by atoms with Crippen LogP contribution in [0.3, 0.4) is 0 Å². The Morgan fingerprint density at radius 3 is 1.40 bits per heavy atom. The lowest BCUT2D eigenvalue weighted by atomic mass is 10.1. The Hall–Kier alpha value is 0.580. The van der Waals surface area contributed by atoms with Crippen molar-refractivity contribution in [2.75, 3.05) is 0 Å². The number of halogens is 2. The molecule has 0 radical (unpaired) electrons. The predicted molar refractivity (Wildman–Crippen MR) is 49.1 cm³/mol. The summed E-state index contributed by atoms with van der Waals surface area (Å²) in [7, 11) is 0. The molecule has 0 bridgehead atoms. The predicted octanol–water partition coefficient (Wildman–Crippen LogP) is 3.80. The second-order valence-corrected chi connectivity index (χ2v) is 3.73. The van der Waals surface area contributed by atoms with E-state index in [1.807, 2.05) is 0 Å². The van der Waals surface area contributed by atoms with Crippen LogP contribution in [0.4, 0.5) is 0 Å². The lowest BCUT2D eigenvalue weighted by Gasteiger charge is -2.13. The molecule has 0 N–H and O–H groups in total. The molecule has 0 saturated heterocycles. The molecule has 0 unspecified atom stereocenters. The van der Waals surface area contributed by atoms with Crippen LogP contribution in [-0.2, 0) is 0 Å². The van der Waals surface area contributed by atoms with E-state index in [4.69, 9.17) is 23.2 Å². The van der Waals surface area contributed by atoms with Crippen molar-refractivity contribution in [3.8, 4) is 0 Å². The largest absolute Gasteiger partial charge is 0.121 e. The molecule has 0 nitrogen and oxygen atoms in total. The van der Waals surface area contributed by atoms with E-state index in [9.17, 15) is 0 Å². The van der Waals surface area contributed by atoms with Gasteiger partial charge >= 0.3 is 0 Å². The van der Waals surface area contributed by atoms with Crippen LogP contribution in [0.25, 0.3) is 0 Å². The maximum absolute atomic E-state index is 5.98. The smallest absolute Gasteiger partial charge is 0.0499 e. The van der Waals surface area contributed by atoms with Gasteiger partial charge in [-0.15, -0.1) is 23.2 Å². The summed E-state index contributed by atoms with van der Waals surface area (Å²) in [6.07, 6.45) is 4.33. The molecule has 0 aromatic heterocycles. The molecular formula is C8H16Cl2. The van der Waals surface area contributed by atoms with E-state index in [1.165, 1.54) is 0 Å². The molecule has 2 heteroatoms. The summed E-state index contributed by atoms with van der Waals surface area (Å²) in [6.45, 7) is 4.26. The minimum absolute atomic E-state index is 0.173. The first kappa shape index (κ1) is 10.6. The maximum Gasteiger partial charge on any atom is 0.0499 e. The Morgan fingerprint density at radius 1 is 0.900 bits per heavy atom. The van der Waals surface area contributed by atoms with E-state index in [1.54, 1.807) is 0 Å². The van der Waals surface area contributed by atoms with Gasteiger partial charge < -0.3 is 0 Å². The van der Waals surface area contributed by atoms with Gasteiger partial charge in [-0.2, -0.15) is 0 Å². The van der Waals surface area contributed by atoms with Crippen LogP contribution in [0.5, 0.6) is 0 Å².